The summed E-state index contributed by atoms with van der Waals surface area (Å²) < 4.78 is 2.73. The molecule has 0 aromatic carbocycles. The summed E-state index contributed by atoms with van der Waals surface area (Å²) in [5, 5.41) is 2.75. The van der Waals surface area contributed by atoms with Crippen LogP contribution in [-0.2, 0) is 11.3 Å². The molecule has 94 valence electrons. The molecule has 0 aliphatic carbocycles. The van der Waals surface area contributed by atoms with Gasteiger partial charge in [-0.2, -0.15) is 0 Å². The molecule has 17 heavy (non-hydrogen) atoms. The highest BCUT2D eigenvalue weighted by atomic mass is 79.9. The van der Waals surface area contributed by atoms with E-state index in [1.54, 1.807) is 6.07 Å². The predicted octanol–water partition coefficient (Wildman–Crippen LogP) is 1.27. The number of halogens is 1. The molecular weight excluding hydrogens is 286 g/mol. The molecule has 0 fully saturated rings. The van der Waals surface area contributed by atoms with Gasteiger partial charge in [0.1, 0.15) is 5.69 Å². The van der Waals surface area contributed by atoms with Gasteiger partial charge in [0.15, 0.2) is 0 Å². The lowest BCUT2D eigenvalue weighted by molar-refractivity contribution is -0.118. The van der Waals surface area contributed by atoms with Crippen LogP contribution >= 0.6 is 15.9 Å². The van der Waals surface area contributed by atoms with Gasteiger partial charge in [0, 0.05) is 30.2 Å². The molecule has 0 spiro atoms. The van der Waals surface area contributed by atoms with Gasteiger partial charge in [-0.25, -0.2) is 0 Å². The molecular formula is C11H16BrN3O2. The summed E-state index contributed by atoms with van der Waals surface area (Å²) in [6.45, 7) is 3.15. The number of nitrogens with one attached hydrogen (secondary N) is 1. The Morgan fingerprint density at radius 3 is 2.82 bits per heavy atom. The minimum atomic E-state index is -0.348. The maximum atomic E-state index is 11.8. The van der Waals surface area contributed by atoms with E-state index in [2.05, 4.69) is 21.2 Å². The Labute approximate surface area is 108 Å². The first-order valence-corrected chi connectivity index (χ1v) is 6.26. The largest absolute Gasteiger partial charge is 0.370 e. The quantitative estimate of drug-likeness (QED) is 0.776. The van der Waals surface area contributed by atoms with Gasteiger partial charge >= 0.3 is 0 Å². The fourth-order valence-corrected chi connectivity index (χ4v) is 1.95. The van der Waals surface area contributed by atoms with E-state index in [9.17, 15) is 9.59 Å². The maximum Gasteiger partial charge on any atom is 0.267 e. The molecule has 2 amide bonds. The Hall–Kier alpha value is -1.30. The van der Waals surface area contributed by atoms with Gasteiger partial charge in [0.25, 0.3) is 5.91 Å². The summed E-state index contributed by atoms with van der Waals surface area (Å²) in [4.78, 5) is 22.3. The topological polar surface area (TPSA) is 77.1 Å². The molecule has 1 heterocycles. The monoisotopic (exact) mass is 301 g/mol. The molecule has 1 rings (SSSR count). The number of rotatable bonds is 6. The van der Waals surface area contributed by atoms with Gasteiger partial charge in [-0.15, -0.1) is 0 Å². The molecule has 6 heteroatoms. The molecule has 1 aromatic heterocycles. The Bertz CT molecular complexity index is 415. The van der Waals surface area contributed by atoms with Crippen LogP contribution in [0.25, 0.3) is 0 Å². The first kappa shape index (κ1) is 13.8. The highest BCUT2D eigenvalue weighted by molar-refractivity contribution is 9.10. The van der Waals surface area contributed by atoms with Crippen molar-refractivity contribution in [2.75, 3.05) is 6.54 Å². The van der Waals surface area contributed by atoms with Crippen molar-refractivity contribution in [2.45, 2.75) is 26.3 Å². The van der Waals surface area contributed by atoms with Crippen molar-refractivity contribution in [2.24, 2.45) is 5.73 Å². The number of hydrogen-bond acceptors (Lipinski definition) is 2. The van der Waals surface area contributed by atoms with Crippen LogP contribution in [0.5, 0.6) is 0 Å². The SMILES string of the molecule is CCn1cc(Br)cc1C(=O)NCCCC(N)=O. The fraction of sp³-hybridized carbons (Fsp3) is 0.455. The van der Waals surface area contributed by atoms with Crippen LogP contribution in [0.1, 0.15) is 30.3 Å². The Morgan fingerprint density at radius 1 is 1.53 bits per heavy atom. The van der Waals surface area contributed by atoms with Crippen molar-refractivity contribution in [3.63, 3.8) is 0 Å². The Morgan fingerprint density at radius 2 is 2.24 bits per heavy atom. The minimum absolute atomic E-state index is 0.137. The number of primary amides is 1. The predicted molar refractivity (Wildman–Crippen MR) is 68.6 cm³/mol. The lowest BCUT2D eigenvalue weighted by Gasteiger charge is -2.06. The third kappa shape index (κ3) is 4.22. The molecule has 0 radical (unpaired) electrons. The third-order valence-electron chi connectivity index (χ3n) is 2.32. The molecule has 0 saturated heterocycles. The molecule has 0 bridgehead atoms. The van der Waals surface area contributed by atoms with Crippen LogP contribution < -0.4 is 11.1 Å². The van der Waals surface area contributed by atoms with E-state index in [4.69, 9.17) is 5.73 Å². The minimum Gasteiger partial charge on any atom is -0.370 e. The average Bonchev–Trinajstić information content (AvgIpc) is 2.65. The number of aromatic nitrogens is 1. The van der Waals surface area contributed by atoms with E-state index in [-0.39, 0.29) is 11.8 Å². The number of nitrogens with zero attached hydrogens (tertiary/aromatic N) is 1. The van der Waals surface area contributed by atoms with E-state index >= 15 is 0 Å². The summed E-state index contributed by atoms with van der Waals surface area (Å²) >= 11 is 3.33. The highest BCUT2D eigenvalue weighted by Crippen LogP contribution is 2.14. The number of hydrogen-bond donors (Lipinski definition) is 2. The van der Waals surface area contributed by atoms with Crippen molar-refractivity contribution in [1.29, 1.82) is 0 Å². The van der Waals surface area contributed by atoms with E-state index in [0.717, 1.165) is 11.0 Å². The molecule has 3 N–H and O–H groups in total. The number of carbonyl (C=O) groups excluding carboxylic acids is 2. The third-order valence-corrected chi connectivity index (χ3v) is 2.76. The molecule has 0 unspecified atom stereocenters. The van der Waals surface area contributed by atoms with Crippen LogP contribution in [0.2, 0.25) is 0 Å². The molecule has 5 nitrogen and oxygen atoms in total. The normalized spacial score (nSPS) is 10.2. The summed E-state index contributed by atoms with van der Waals surface area (Å²) in [5.41, 5.74) is 5.62. The van der Waals surface area contributed by atoms with Gasteiger partial charge < -0.3 is 15.6 Å². The smallest absolute Gasteiger partial charge is 0.267 e. The van der Waals surface area contributed by atoms with E-state index in [0.29, 0.717) is 25.1 Å². The summed E-state index contributed by atoms with van der Waals surface area (Å²) in [7, 11) is 0. The Kier molecular flexibility index (Phi) is 5.21. The lowest BCUT2D eigenvalue weighted by Crippen LogP contribution is -2.27. The van der Waals surface area contributed by atoms with Gasteiger partial charge in [0.2, 0.25) is 5.91 Å². The molecule has 0 aliphatic heterocycles. The Balaban J connectivity index is 2.49. The summed E-state index contributed by atoms with van der Waals surface area (Å²) in [6.07, 6.45) is 2.71. The van der Waals surface area contributed by atoms with Crippen molar-refractivity contribution in [3.8, 4) is 0 Å². The zero-order chi connectivity index (χ0) is 12.8. The van der Waals surface area contributed by atoms with Crippen LogP contribution in [0, 0.1) is 0 Å². The standard InChI is InChI=1S/C11H16BrN3O2/c1-2-15-7-8(12)6-9(15)11(17)14-5-3-4-10(13)16/h6-7H,2-5H2,1H3,(H2,13,16)(H,14,17). The van der Waals surface area contributed by atoms with Crippen LogP contribution in [-0.4, -0.2) is 22.9 Å². The van der Waals surface area contributed by atoms with Gasteiger partial charge in [-0.1, -0.05) is 0 Å². The highest BCUT2D eigenvalue weighted by Gasteiger charge is 2.11. The summed E-state index contributed by atoms with van der Waals surface area (Å²) in [5.74, 6) is -0.485. The van der Waals surface area contributed by atoms with Gasteiger partial charge in [-0.3, -0.25) is 9.59 Å². The zero-order valence-electron chi connectivity index (χ0n) is 9.70. The number of amides is 2. The maximum absolute atomic E-state index is 11.8. The van der Waals surface area contributed by atoms with E-state index in [1.165, 1.54) is 0 Å². The molecule has 0 aliphatic rings. The fourth-order valence-electron chi connectivity index (χ4n) is 1.48. The first-order valence-electron chi connectivity index (χ1n) is 5.46. The van der Waals surface area contributed by atoms with Gasteiger partial charge in [0.05, 0.1) is 0 Å². The van der Waals surface area contributed by atoms with Gasteiger partial charge in [-0.05, 0) is 35.3 Å². The molecule has 1 aromatic rings. The molecule has 0 atom stereocenters. The van der Waals surface area contributed by atoms with Crippen molar-refractivity contribution in [3.05, 3.63) is 22.4 Å². The lowest BCUT2D eigenvalue weighted by atomic mass is 10.3. The first-order chi connectivity index (χ1) is 8.04. The zero-order valence-corrected chi connectivity index (χ0v) is 11.3. The second-order valence-electron chi connectivity index (χ2n) is 3.66. The van der Waals surface area contributed by atoms with Crippen molar-refractivity contribution in [1.82, 2.24) is 9.88 Å². The number of aryl methyl sites for hydroxylation is 1. The second-order valence-corrected chi connectivity index (χ2v) is 4.57. The van der Waals surface area contributed by atoms with Crippen LogP contribution in [0.4, 0.5) is 0 Å². The van der Waals surface area contributed by atoms with E-state index < -0.39 is 0 Å². The second kappa shape index (κ2) is 6.44. The number of nitrogens with two attached hydrogens (primary N) is 1. The van der Waals surface area contributed by atoms with Crippen molar-refractivity contribution < 1.29 is 9.59 Å². The average molecular weight is 302 g/mol. The van der Waals surface area contributed by atoms with Crippen LogP contribution in [0.15, 0.2) is 16.7 Å². The molecule has 0 saturated carbocycles. The summed E-state index contributed by atoms with van der Waals surface area (Å²) in [6, 6.07) is 1.77. The van der Waals surface area contributed by atoms with E-state index in [1.807, 2.05) is 17.7 Å². The van der Waals surface area contributed by atoms with Crippen molar-refractivity contribution >= 4 is 27.7 Å². The number of carbonyl (C=O) groups is 2. The van der Waals surface area contributed by atoms with Crippen LogP contribution in [0.3, 0.4) is 0 Å².